The Labute approximate surface area is 117 Å². The fourth-order valence-electron chi connectivity index (χ4n) is 3.43. The molecule has 1 amide bonds. The van der Waals surface area contributed by atoms with E-state index in [-0.39, 0.29) is 17.5 Å². The molecule has 4 heteroatoms. The summed E-state index contributed by atoms with van der Waals surface area (Å²) >= 11 is 0. The molecule has 1 atom stereocenters. The normalized spacial score (nSPS) is 25.6. The number of carbonyl (C=O) groups is 1. The molecule has 1 heterocycles. The minimum Gasteiger partial charge on any atom is -0.352 e. The molecule has 19 heavy (non-hydrogen) atoms. The van der Waals surface area contributed by atoms with Gasteiger partial charge in [0, 0.05) is 24.7 Å². The van der Waals surface area contributed by atoms with Gasteiger partial charge in [0.2, 0.25) is 5.91 Å². The van der Waals surface area contributed by atoms with Crippen LogP contribution in [0.4, 0.5) is 0 Å². The second kappa shape index (κ2) is 6.23. The van der Waals surface area contributed by atoms with Gasteiger partial charge in [0.1, 0.15) is 0 Å². The SMILES string of the molecule is CCCC1(N)CN(C(C)C(=O)NC2CCCCC2)C1. The number of hydrogen-bond donors (Lipinski definition) is 2. The summed E-state index contributed by atoms with van der Waals surface area (Å²) in [5.74, 6) is 0.186. The van der Waals surface area contributed by atoms with E-state index in [0.29, 0.717) is 6.04 Å². The Bertz CT molecular complexity index is 307. The van der Waals surface area contributed by atoms with Gasteiger partial charge in [-0.05, 0) is 26.2 Å². The highest BCUT2D eigenvalue weighted by molar-refractivity contribution is 5.81. The van der Waals surface area contributed by atoms with Crippen molar-refractivity contribution in [3.63, 3.8) is 0 Å². The number of hydrogen-bond acceptors (Lipinski definition) is 3. The quantitative estimate of drug-likeness (QED) is 0.796. The van der Waals surface area contributed by atoms with E-state index in [1.807, 2.05) is 6.92 Å². The fraction of sp³-hybridized carbons (Fsp3) is 0.933. The first kappa shape index (κ1) is 14.8. The Kier molecular flexibility index (Phi) is 4.85. The maximum atomic E-state index is 12.2. The van der Waals surface area contributed by atoms with Crippen molar-refractivity contribution < 1.29 is 4.79 Å². The first-order valence-corrected chi connectivity index (χ1v) is 7.87. The molecule has 0 aromatic heterocycles. The largest absolute Gasteiger partial charge is 0.352 e. The molecule has 2 aliphatic rings. The van der Waals surface area contributed by atoms with Gasteiger partial charge in [-0.15, -0.1) is 0 Å². The third kappa shape index (κ3) is 3.69. The van der Waals surface area contributed by atoms with E-state index in [2.05, 4.69) is 17.1 Å². The lowest BCUT2D eigenvalue weighted by molar-refractivity contribution is -0.130. The van der Waals surface area contributed by atoms with Gasteiger partial charge in [-0.25, -0.2) is 0 Å². The molecule has 1 saturated carbocycles. The smallest absolute Gasteiger partial charge is 0.237 e. The number of rotatable bonds is 5. The van der Waals surface area contributed by atoms with Gasteiger partial charge >= 0.3 is 0 Å². The fourth-order valence-corrected chi connectivity index (χ4v) is 3.43. The number of likely N-dealkylation sites (tertiary alicyclic amines) is 1. The van der Waals surface area contributed by atoms with Crippen molar-refractivity contribution in [3.8, 4) is 0 Å². The summed E-state index contributed by atoms with van der Waals surface area (Å²) in [6.45, 7) is 5.89. The second-order valence-electron chi connectivity index (χ2n) is 6.54. The summed E-state index contributed by atoms with van der Waals surface area (Å²) in [6, 6.07) is 0.374. The van der Waals surface area contributed by atoms with Crippen molar-refractivity contribution in [1.29, 1.82) is 0 Å². The van der Waals surface area contributed by atoms with Gasteiger partial charge in [-0.1, -0.05) is 32.6 Å². The van der Waals surface area contributed by atoms with Crippen LogP contribution in [0.5, 0.6) is 0 Å². The molecular weight excluding hydrogens is 238 g/mol. The maximum absolute atomic E-state index is 12.2. The molecule has 0 aromatic rings. The summed E-state index contributed by atoms with van der Waals surface area (Å²) in [4.78, 5) is 14.4. The zero-order chi connectivity index (χ0) is 13.9. The molecule has 0 spiro atoms. The zero-order valence-electron chi connectivity index (χ0n) is 12.5. The molecule has 1 saturated heterocycles. The first-order chi connectivity index (χ1) is 9.04. The van der Waals surface area contributed by atoms with Gasteiger partial charge in [-0.2, -0.15) is 0 Å². The Hall–Kier alpha value is -0.610. The minimum atomic E-state index is -0.0475. The second-order valence-corrected chi connectivity index (χ2v) is 6.54. The summed E-state index contributed by atoms with van der Waals surface area (Å²) in [5, 5.41) is 3.21. The number of amides is 1. The van der Waals surface area contributed by atoms with Crippen LogP contribution in [-0.2, 0) is 4.79 Å². The van der Waals surface area contributed by atoms with Crippen LogP contribution >= 0.6 is 0 Å². The van der Waals surface area contributed by atoms with Gasteiger partial charge < -0.3 is 11.1 Å². The van der Waals surface area contributed by atoms with E-state index < -0.39 is 0 Å². The first-order valence-electron chi connectivity index (χ1n) is 7.87. The molecular formula is C15H29N3O. The highest BCUT2D eigenvalue weighted by Crippen LogP contribution is 2.25. The van der Waals surface area contributed by atoms with Crippen molar-refractivity contribution in [2.45, 2.75) is 76.4 Å². The summed E-state index contributed by atoms with van der Waals surface area (Å²) in [7, 11) is 0. The molecule has 0 radical (unpaired) electrons. The number of nitrogens with two attached hydrogens (primary N) is 1. The lowest BCUT2D eigenvalue weighted by atomic mass is 9.85. The summed E-state index contributed by atoms with van der Waals surface area (Å²) in [5.41, 5.74) is 6.21. The minimum absolute atomic E-state index is 0.0320. The van der Waals surface area contributed by atoms with Crippen molar-refractivity contribution in [1.82, 2.24) is 10.2 Å². The topological polar surface area (TPSA) is 58.4 Å². The van der Waals surface area contributed by atoms with E-state index in [1.165, 1.54) is 19.3 Å². The standard InChI is InChI=1S/C15H29N3O/c1-3-9-15(16)10-18(11-15)12(2)14(19)17-13-7-5-4-6-8-13/h12-13H,3-11,16H2,1-2H3,(H,17,19). The van der Waals surface area contributed by atoms with Crippen LogP contribution in [-0.4, -0.2) is 41.5 Å². The van der Waals surface area contributed by atoms with Crippen LogP contribution in [0.15, 0.2) is 0 Å². The highest BCUT2D eigenvalue weighted by atomic mass is 16.2. The van der Waals surface area contributed by atoms with Crippen LogP contribution in [0, 0.1) is 0 Å². The maximum Gasteiger partial charge on any atom is 0.237 e. The molecule has 3 N–H and O–H groups in total. The number of nitrogens with one attached hydrogen (secondary N) is 1. The molecule has 110 valence electrons. The number of nitrogens with zero attached hydrogens (tertiary/aromatic N) is 1. The summed E-state index contributed by atoms with van der Waals surface area (Å²) < 4.78 is 0. The lowest BCUT2D eigenvalue weighted by Gasteiger charge is -2.50. The third-order valence-corrected chi connectivity index (χ3v) is 4.66. The predicted molar refractivity (Wildman–Crippen MR) is 77.9 cm³/mol. The van der Waals surface area contributed by atoms with E-state index in [1.54, 1.807) is 0 Å². The van der Waals surface area contributed by atoms with Gasteiger partial charge in [-0.3, -0.25) is 9.69 Å². The Morgan fingerprint density at radius 3 is 2.58 bits per heavy atom. The van der Waals surface area contributed by atoms with E-state index in [0.717, 1.165) is 38.8 Å². The molecule has 4 nitrogen and oxygen atoms in total. The summed E-state index contributed by atoms with van der Waals surface area (Å²) in [6.07, 6.45) is 8.30. The molecule has 1 aliphatic carbocycles. The highest BCUT2D eigenvalue weighted by Gasteiger charge is 2.42. The molecule has 0 bridgehead atoms. The predicted octanol–water partition coefficient (Wildman–Crippen LogP) is 1.64. The number of carbonyl (C=O) groups excluding carboxylic acids is 1. The molecule has 1 aliphatic heterocycles. The third-order valence-electron chi connectivity index (χ3n) is 4.66. The average molecular weight is 267 g/mol. The average Bonchev–Trinajstić information content (AvgIpc) is 2.36. The van der Waals surface area contributed by atoms with Gasteiger partial charge in [0.25, 0.3) is 0 Å². The molecule has 1 unspecified atom stereocenters. The van der Waals surface area contributed by atoms with Crippen LogP contribution in [0.25, 0.3) is 0 Å². The Balaban J connectivity index is 1.74. The molecule has 0 aromatic carbocycles. The van der Waals surface area contributed by atoms with Crippen molar-refractivity contribution in [2.75, 3.05) is 13.1 Å². The van der Waals surface area contributed by atoms with E-state index in [4.69, 9.17) is 5.73 Å². The Morgan fingerprint density at radius 1 is 1.37 bits per heavy atom. The van der Waals surface area contributed by atoms with Crippen LogP contribution < -0.4 is 11.1 Å². The lowest BCUT2D eigenvalue weighted by Crippen LogP contribution is -2.70. The van der Waals surface area contributed by atoms with Gasteiger partial charge in [0.15, 0.2) is 0 Å². The van der Waals surface area contributed by atoms with Crippen molar-refractivity contribution >= 4 is 5.91 Å². The van der Waals surface area contributed by atoms with E-state index >= 15 is 0 Å². The van der Waals surface area contributed by atoms with Crippen molar-refractivity contribution in [3.05, 3.63) is 0 Å². The Morgan fingerprint density at radius 2 is 2.00 bits per heavy atom. The molecule has 2 fully saturated rings. The van der Waals surface area contributed by atoms with Gasteiger partial charge in [0.05, 0.1) is 6.04 Å². The van der Waals surface area contributed by atoms with Crippen LogP contribution in [0.1, 0.15) is 58.8 Å². The van der Waals surface area contributed by atoms with Crippen LogP contribution in [0.2, 0.25) is 0 Å². The van der Waals surface area contributed by atoms with Crippen LogP contribution in [0.3, 0.4) is 0 Å². The van der Waals surface area contributed by atoms with E-state index in [9.17, 15) is 4.79 Å². The van der Waals surface area contributed by atoms with Crippen molar-refractivity contribution in [2.24, 2.45) is 5.73 Å². The molecule has 2 rings (SSSR count). The monoisotopic (exact) mass is 267 g/mol. The zero-order valence-corrected chi connectivity index (χ0v) is 12.5.